The lowest BCUT2D eigenvalue weighted by atomic mass is 9.95. The second-order valence-corrected chi connectivity index (χ2v) is 7.47. The number of nitrogens with zero attached hydrogens (tertiary/aromatic N) is 2. The lowest BCUT2D eigenvalue weighted by Crippen LogP contribution is -2.41. The van der Waals surface area contributed by atoms with E-state index in [1.54, 1.807) is 37.4 Å². The van der Waals surface area contributed by atoms with E-state index >= 15 is 0 Å². The molecule has 4 rings (SSSR count). The van der Waals surface area contributed by atoms with E-state index in [1.807, 2.05) is 41.3 Å². The third kappa shape index (κ3) is 3.70. The Bertz CT molecular complexity index is 969. The molecule has 2 aliphatic rings. The molecule has 29 heavy (non-hydrogen) atoms. The van der Waals surface area contributed by atoms with Crippen LogP contribution >= 0.6 is 11.6 Å². The minimum atomic E-state index is -0.492. The van der Waals surface area contributed by atoms with Crippen LogP contribution in [0.15, 0.2) is 66.9 Å². The SMILES string of the molecule is CCOC(=O)[C@@H]1C[C@H](C(=O)c2ccc(Cl)cc2)N2C(c3ccccn3)=CC=C[C@H]12. The number of halogens is 1. The number of pyridine rings is 1. The van der Waals surface area contributed by atoms with E-state index in [2.05, 4.69) is 4.98 Å². The van der Waals surface area contributed by atoms with Gasteiger partial charge >= 0.3 is 5.97 Å². The van der Waals surface area contributed by atoms with Crippen LogP contribution in [-0.4, -0.2) is 40.3 Å². The molecule has 0 saturated carbocycles. The highest BCUT2D eigenvalue weighted by Crippen LogP contribution is 2.41. The Morgan fingerprint density at radius 2 is 2.00 bits per heavy atom. The van der Waals surface area contributed by atoms with Crippen molar-refractivity contribution in [2.45, 2.75) is 25.4 Å². The van der Waals surface area contributed by atoms with E-state index in [9.17, 15) is 9.59 Å². The molecule has 1 fully saturated rings. The first-order chi connectivity index (χ1) is 14.1. The molecule has 0 bridgehead atoms. The summed E-state index contributed by atoms with van der Waals surface area (Å²) in [5.41, 5.74) is 2.16. The molecular weight excluding hydrogens is 388 g/mol. The van der Waals surface area contributed by atoms with Crippen LogP contribution in [0.25, 0.3) is 5.70 Å². The van der Waals surface area contributed by atoms with Gasteiger partial charge in [0.25, 0.3) is 0 Å². The maximum absolute atomic E-state index is 13.4. The molecule has 1 saturated heterocycles. The molecule has 0 radical (unpaired) electrons. The Balaban J connectivity index is 1.73. The van der Waals surface area contributed by atoms with Crippen LogP contribution < -0.4 is 0 Å². The molecular formula is C23H21ClN2O3. The van der Waals surface area contributed by atoms with Crippen molar-refractivity contribution in [1.82, 2.24) is 9.88 Å². The standard InChI is InChI=1S/C23H21ClN2O3/c1-2-29-23(28)17-14-21(22(27)15-9-11-16(24)12-10-15)26-19(17)7-5-8-20(26)18-6-3-4-13-25-18/h3-13,17,19,21H,2,14H2,1H3/t17-,19-,21-/m1/s1. The van der Waals surface area contributed by atoms with Crippen molar-refractivity contribution in [3.05, 3.63) is 83.2 Å². The summed E-state index contributed by atoms with van der Waals surface area (Å²) in [4.78, 5) is 32.5. The molecule has 5 nitrogen and oxygen atoms in total. The predicted molar refractivity (Wildman–Crippen MR) is 111 cm³/mol. The average Bonchev–Trinajstić information content (AvgIpc) is 3.14. The van der Waals surface area contributed by atoms with Crippen LogP contribution in [0.2, 0.25) is 5.02 Å². The molecule has 0 N–H and O–H groups in total. The quantitative estimate of drug-likeness (QED) is 0.549. The number of rotatable bonds is 5. The normalized spacial score (nSPS) is 22.8. The fourth-order valence-electron chi connectivity index (χ4n) is 4.05. The van der Waals surface area contributed by atoms with Gasteiger partial charge in [-0.05, 0) is 55.8 Å². The van der Waals surface area contributed by atoms with Crippen molar-refractivity contribution < 1.29 is 14.3 Å². The molecule has 1 aromatic carbocycles. The molecule has 0 aliphatic carbocycles. The first-order valence-corrected chi connectivity index (χ1v) is 10.0. The minimum absolute atomic E-state index is 0.0457. The van der Waals surface area contributed by atoms with Gasteiger partial charge in [0.2, 0.25) is 0 Å². The second-order valence-electron chi connectivity index (χ2n) is 7.03. The zero-order chi connectivity index (χ0) is 20.4. The van der Waals surface area contributed by atoms with Crippen LogP contribution in [0.3, 0.4) is 0 Å². The van der Waals surface area contributed by atoms with Gasteiger partial charge in [0, 0.05) is 16.8 Å². The minimum Gasteiger partial charge on any atom is -0.466 e. The number of benzene rings is 1. The summed E-state index contributed by atoms with van der Waals surface area (Å²) in [6.07, 6.45) is 7.93. The number of aromatic nitrogens is 1. The highest BCUT2D eigenvalue weighted by atomic mass is 35.5. The molecule has 1 aromatic heterocycles. The number of fused-ring (bicyclic) bond motifs is 1. The van der Waals surface area contributed by atoms with Gasteiger partial charge in [-0.2, -0.15) is 0 Å². The van der Waals surface area contributed by atoms with Crippen LogP contribution in [-0.2, 0) is 9.53 Å². The average molecular weight is 409 g/mol. The first-order valence-electron chi connectivity index (χ1n) is 9.64. The zero-order valence-electron chi connectivity index (χ0n) is 16.0. The van der Waals surface area contributed by atoms with Crippen molar-refractivity contribution in [2.24, 2.45) is 5.92 Å². The van der Waals surface area contributed by atoms with Gasteiger partial charge in [0.15, 0.2) is 5.78 Å². The fraction of sp³-hybridized carbons (Fsp3) is 0.261. The summed E-state index contributed by atoms with van der Waals surface area (Å²) in [6, 6.07) is 11.8. The fourth-order valence-corrected chi connectivity index (χ4v) is 4.18. The van der Waals surface area contributed by atoms with Gasteiger partial charge in [-0.1, -0.05) is 29.8 Å². The molecule has 3 heterocycles. The summed E-state index contributed by atoms with van der Waals surface area (Å²) in [7, 11) is 0. The van der Waals surface area contributed by atoms with Crippen molar-refractivity contribution in [3.8, 4) is 0 Å². The monoisotopic (exact) mass is 408 g/mol. The Morgan fingerprint density at radius 3 is 2.69 bits per heavy atom. The van der Waals surface area contributed by atoms with Crippen LogP contribution in [0.1, 0.15) is 29.4 Å². The van der Waals surface area contributed by atoms with Crippen LogP contribution in [0, 0.1) is 5.92 Å². The lowest BCUT2D eigenvalue weighted by Gasteiger charge is -2.34. The zero-order valence-corrected chi connectivity index (χ0v) is 16.8. The molecule has 2 aliphatic heterocycles. The first kappa shape index (κ1) is 19.4. The van der Waals surface area contributed by atoms with E-state index in [-0.39, 0.29) is 17.8 Å². The Kier molecular flexibility index (Phi) is 5.49. The van der Waals surface area contributed by atoms with Gasteiger partial charge in [-0.3, -0.25) is 14.6 Å². The highest BCUT2D eigenvalue weighted by Gasteiger charge is 2.49. The highest BCUT2D eigenvalue weighted by molar-refractivity contribution is 6.30. The Hall–Kier alpha value is -2.92. The van der Waals surface area contributed by atoms with E-state index in [0.29, 0.717) is 23.6 Å². The number of ketones is 1. The van der Waals surface area contributed by atoms with Crippen LogP contribution in [0.4, 0.5) is 0 Å². The largest absolute Gasteiger partial charge is 0.466 e. The number of allylic oxidation sites excluding steroid dienone is 2. The van der Waals surface area contributed by atoms with Gasteiger partial charge < -0.3 is 9.64 Å². The number of Topliss-reactive ketones (excluding diaryl/α,β-unsaturated/α-hetero) is 1. The maximum Gasteiger partial charge on any atom is 0.311 e. The molecule has 148 valence electrons. The molecule has 0 spiro atoms. The summed E-state index contributed by atoms with van der Waals surface area (Å²) in [5, 5.41) is 0.574. The summed E-state index contributed by atoms with van der Waals surface area (Å²) in [6.45, 7) is 2.10. The third-order valence-electron chi connectivity index (χ3n) is 5.34. The van der Waals surface area contributed by atoms with E-state index in [1.165, 1.54) is 0 Å². The molecule has 0 unspecified atom stereocenters. The van der Waals surface area contributed by atoms with Crippen molar-refractivity contribution in [1.29, 1.82) is 0 Å². The summed E-state index contributed by atoms with van der Waals surface area (Å²) < 4.78 is 5.30. The number of carbonyl (C=O) groups is 2. The number of carbonyl (C=O) groups excluding carboxylic acids is 2. The van der Waals surface area contributed by atoms with E-state index < -0.39 is 12.0 Å². The Labute approximate surface area is 174 Å². The van der Waals surface area contributed by atoms with E-state index in [0.717, 1.165) is 11.4 Å². The van der Waals surface area contributed by atoms with Crippen molar-refractivity contribution >= 4 is 29.1 Å². The molecule has 6 heteroatoms. The van der Waals surface area contributed by atoms with Crippen LogP contribution in [0.5, 0.6) is 0 Å². The Morgan fingerprint density at radius 1 is 1.21 bits per heavy atom. The summed E-state index contributed by atoms with van der Waals surface area (Å²) >= 11 is 5.98. The van der Waals surface area contributed by atoms with Crippen molar-refractivity contribution in [2.75, 3.05) is 6.61 Å². The number of hydrogen-bond acceptors (Lipinski definition) is 5. The number of hydrogen-bond donors (Lipinski definition) is 0. The van der Waals surface area contributed by atoms with Crippen molar-refractivity contribution in [3.63, 3.8) is 0 Å². The smallest absolute Gasteiger partial charge is 0.311 e. The predicted octanol–water partition coefficient (Wildman–Crippen LogP) is 4.15. The maximum atomic E-state index is 13.4. The topological polar surface area (TPSA) is 59.5 Å². The van der Waals surface area contributed by atoms with E-state index in [4.69, 9.17) is 16.3 Å². The lowest BCUT2D eigenvalue weighted by molar-refractivity contribution is -0.148. The van der Waals surface area contributed by atoms with Gasteiger partial charge in [-0.25, -0.2) is 0 Å². The molecule has 2 aromatic rings. The van der Waals surface area contributed by atoms with Gasteiger partial charge in [0.05, 0.1) is 36.0 Å². The number of ether oxygens (including phenoxy) is 1. The number of esters is 1. The second kappa shape index (κ2) is 8.21. The third-order valence-corrected chi connectivity index (χ3v) is 5.59. The molecule has 0 amide bonds. The van der Waals surface area contributed by atoms with Gasteiger partial charge in [0.1, 0.15) is 0 Å². The summed E-state index contributed by atoms with van der Waals surface area (Å²) in [5.74, 6) is -0.740. The molecule has 3 atom stereocenters. The van der Waals surface area contributed by atoms with Gasteiger partial charge in [-0.15, -0.1) is 0 Å².